The maximum Gasteiger partial charge on any atom is 0.220 e. The Morgan fingerprint density at radius 1 is 1.53 bits per heavy atom. The van der Waals surface area contributed by atoms with Crippen LogP contribution in [0.4, 0.5) is 5.95 Å². The molecule has 0 saturated carbocycles. The molecule has 1 unspecified atom stereocenters. The van der Waals surface area contributed by atoms with Crippen LogP contribution in [0.3, 0.4) is 0 Å². The van der Waals surface area contributed by atoms with E-state index >= 15 is 0 Å². The Morgan fingerprint density at radius 2 is 2.40 bits per heavy atom. The molecule has 1 aliphatic rings. The van der Waals surface area contributed by atoms with Gasteiger partial charge in [-0.05, 0) is 32.0 Å². The van der Waals surface area contributed by atoms with E-state index in [-0.39, 0.29) is 0 Å². The molecule has 1 aliphatic heterocycles. The van der Waals surface area contributed by atoms with Crippen molar-refractivity contribution in [3.63, 3.8) is 0 Å². The summed E-state index contributed by atoms with van der Waals surface area (Å²) in [6.07, 6.45) is 5.51. The summed E-state index contributed by atoms with van der Waals surface area (Å²) in [5.74, 6) is 0.383. The summed E-state index contributed by atoms with van der Waals surface area (Å²) in [4.78, 5) is 10.7. The molecule has 2 N–H and O–H groups in total. The maximum absolute atomic E-state index is 5.61. The van der Waals surface area contributed by atoms with E-state index in [0.29, 0.717) is 12.0 Å². The van der Waals surface area contributed by atoms with Crippen LogP contribution < -0.4 is 5.73 Å². The third-order valence-electron chi connectivity index (χ3n) is 3.06. The molecule has 1 aromatic heterocycles. The average Bonchev–Trinajstić information content (AvgIpc) is 2.29. The van der Waals surface area contributed by atoms with E-state index in [2.05, 4.69) is 21.8 Å². The van der Waals surface area contributed by atoms with E-state index in [1.54, 1.807) is 6.20 Å². The maximum atomic E-state index is 5.61. The highest BCUT2D eigenvalue weighted by molar-refractivity contribution is 5.19. The van der Waals surface area contributed by atoms with Crippen LogP contribution in [0.5, 0.6) is 0 Å². The van der Waals surface area contributed by atoms with E-state index in [9.17, 15) is 0 Å². The molecule has 4 heteroatoms. The van der Waals surface area contributed by atoms with Crippen molar-refractivity contribution in [2.45, 2.75) is 32.2 Å². The molecule has 1 atom stereocenters. The Hall–Kier alpha value is -1.16. The summed E-state index contributed by atoms with van der Waals surface area (Å²) in [7, 11) is 0. The smallest absolute Gasteiger partial charge is 0.220 e. The van der Waals surface area contributed by atoms with Crippen LogP contribution in [0.15, 0.2) is 12.3 Å². The number of hydrogen-bond acceptors (Lipinski definition) is 4. The summed E-state index contributed by atoms with van der Waals surface area (Å²) in [5.41, 5.74) is 6.68. The van der Waals surface area contributed by atoms with Crippen molar-refractivity contribution in [3.05, 3.63) is 18.0 Å². The second-order valence-electron chi connectivity index (χ2n) is 3.98. The Kier molecular flexibility index (Phi) is 3.16. The molecule has 1 saturated heterocycles. The van der Waals surface area contributed by atoms with Crippen molar-refractivity contribution in [3.8, 4) is 0 Å². The monoisotopic (exact) mass is 206 g/mol. The van der Waals surface area contributed by atoms with Gasteiger partial charge in [0, 0.05) is 6.20 Å². The van der Waals surface area contributed by atoms with Crippen molar-refractivity contribution in [2.24, 2.45) is 0 Å². The molecule has 2 heterocycles. The first-order chi connectivity index (χ1) is 7.31. The van der Waals surface area contributed by atoms with E-state index in [4.69, 9.17) is 5.73 Å². The molecule has 4 nitrogen and oxygen atoms in total. The van der Waals surface area contributed by atoms with Gasteiger partial charge in [-0.3, -0.25) is 4.90 Å². The van der Waals surface area contributed by atoms with Crippen LogP contribution in [-0.2, 0) is 0 Å². The number of piperidine rings is 1. The predicted molar refractivity (Wildman–Crippen MR) is 60.3 cm³/mol. The lowest BCUT2D eigenvalue weighted by Gasteiger charge is -2.34. The zero-order valence-electron chi connectivity index (χ0n) is 9.19. The largest absolute Gasteiger partial charge is 0.368 e. The minimum absolute atomic E-state index is 0.383. The summed E-state index contributed by atoms with van der Waals surface area (Å²) < 4.78 is 0. The molecule has 15 heavy (non-hydrogen) atoms. The number of likely N-dealkylation sites (tertiary alicyclic amines) is 1. The lowest BCUT2D eigenvalue weighted by Crippen LogP contribution is -2.33. The number of hydrogen-bond donors (Lipinski definition) is 1. The fraction of sp³-hybridized carbons (Fsp3) is 0.636. The lowest BCUT2D eigenvalue weighted by molar-refractivity contribution is 0.154. The highest BCUT2D eigenvalue weighted by Crippen LogP contribution is 2.29. The minimum Gasteiger partial charge on any atom is -0.368 e. The van der Waals surface area contributed by atoms with Gasteiger partial charge in [-0.1, -0.05) is 13.3 Å². The first-order valence-corrected chi connectivity index (χ1v) is 5.63. The number of anilines is 1. The second-order valence-corrected chi connectivity index (χ2v) is 3.98. The zero-order valence-corrected chi connectivity index (χ0v) is 9.19. The van der Waals surface area contributed by atoms with E-state index in [0.717, 1.165) is 12.2 Å². The normalized spacial score (nSPS) is 22.9. The standard InChI is InChI=1S/C11H18N4/c1-2-15-8-4-3-5-10(15)9-6-7-13-11(12)14-9/h6-7,10H,2-5,8H2,1H3,(H2,12,13,14). The molecular weight excluding hydrogens is 188 g/mol. The highest BCUT2D eigenvalue weighted by atomic mass is 15.2. The third-order valence-corrected chi connectivity index (χ3v) is 3.06. The SMILES string of the molecule is CCN1CCCCC1c1ccnc(N)n1. The van der Waals surface area contributed by atoms with Crippen LogP contribution in [0.2, 0.25) is 0 Å². The van der Waals surface area contributed by atoms with E-state index < -0.39 is 0 Å². The predicted octanol–water partition coefficient (Wildman–Crippen LogP) is 1.61. The van der Waals surface area contributed by atoms with Gasteiger partial charge >= 0.3 is 0 Å². The van der Waals surface area contributed by atoms with Gasteiger partial charge in [-0.2, -0.15) is 0 Å². The minimum atomic E-state index is 0.383. The summed E-state index contributed by atoms with van der Waals surface area (Å²) in [6, 6.07) is 2.42. The Balaban J connectivity index is 2.20. The first-order valence-electron chi connectivity index (χ1n) is 5.63. The van der Waals surface area contributed by atoms with Crippen molar-refractivity contribution in [1.29, 1.82) is 0 Å². The molecule has 0 bridgehead atoms. The van der Waals surface area contributed by atoms with Crippen molar-refractivity contribution in [2.75, 3.05) is 18.8 Å². The van der Waals surface area contributed by atoms with Gasteiger partial charge in [0.25, 0.3) is 0 Å². The van der Waals surface area contributed by atoms with Crippen LogP contribution in [0.1, 0.15) is 37.9 Å². The molecule has 0 aromatic carbocycles. The fourth-order valence-corrected chi connectivity index (χ4v) is 2.28. The number of nitrogens with two attached hydrogens (primary N) is 1. The van der Waals surface area contributed by atoms with Gasteiger partial charge in [-0.15, -0.1) is 0 Å². The Bertz CT molecular complexity index is 326. The fourth-order valence-electron chi connectivity index (χ4n) is 2.28. The summed E-state index contributed by atoms with van der Waals surface area (Å²) in [5, 5.41) is 0. The molecule has 0 amide bonds. The van der Waals surface area contributed by atoms with Crippen LogP contribution >= 0.6 is 0 Å². The topological polar surface area (TPSA) is 55.0 Å². The van der Waals surface area contributed by atoms with Crippen LogP contribution in [-0.4, -0.2) is 28.0 Å². The van der Waals surface area contributed by atoms with E-state index in [1.165, 1.54) is 25.8 Å². The van der Waals surface area contributed by atoms with Gasteiger partial charge < -0.3 is 5.73 Å². The van der Waals surface area contributed by atoms with Gasteiger partial charge in [0.1, 0.15) is 0 Å². The molecule has 0 radical (unpaired) electrons. The lowest BCUT2D eigenvalue weighted by atomic mass is 9.99. The summed E-state index contributed by atoms with van der Waals surface area (Å²) in [6.45, 7) is 4.45. The van der Waals surface area contributed by atoms with Crippen LogP contribution in [0.25, 0.3) is 0 Å². The molecule has 1 fully saturated rings. The van der Waals surface area contributed by atoms with E-state index in [1.807, 2.05) is 6.07 Å². The molecule has 0 aliphatic carbocycles. The average molecular weight is 206 g/mol. The van der Waals surface area contributed by atoms with Crippen molar-refractivity contribution < 1.29 is 0 Å². The number of aromatic nitrogens is 2. The van der Waals surface area contributed by atoms with Crippen LogP contribution in [0, 0.1) is 0 Å². The third kappa shape index (κ3) is 2.26. The Labute approximate surface area is 90.5 Å². The molecule has 1 aromatic rings. The quantitative estimate of drug-likeness (QED) is 0.798. The molecule has 2 rings (SSSR count). The van der Waals surface area contributed by atoms with Crippen molar-refractivity contribution in [1.82, 2.24) is 14.9 Å². The zero-order chi connectivity index (χ0) is 10.7. The second kappa shape index (κ2) is 4.57. The molecule has 0 spiro atoms. The van der Waals surface area contributed by atoms with Crippen molar-refractivity contribution >= 4 is 5.95 Å². The molecule has 82 valence electrons. The Morgan fingerprint density at radius 3 is 3.13 bits per heavy atom. The van der Waals surface area contributed by atoms with Gasteiger partial charge in [0.15, 0.2) is 0 Å². The first kappa shape index (κ1) is 10.4. The van der Waals surface area contributed by atoms with Gasteiger partial charge in [0.2, 0.25) is 5.95 Å². The summed E-state index contributed by atoms with van der Waals surface area (Å²) >= 11 is 0. The highest BCUT2D eigenvalue weighted by Gasteiger charge is 2.23. The number of nitrogen functional groups attached to an aromatic ring is 1. The number of nitrogens with zero attached hydrogens (tertiary/aromatic N) is 3. The number of rotatable bonds is 2. The van der Waals surface area contributed by atoms with Gasteiger partial charge in [-0.25, -0.2) is 9.97 Å². The van der Waals surface area contributed by atoms with Gasteiger partial charge in [0.05, 0.1) is 11.7 Å². The molecular formula is C11H18N4.